The molecule has 4 aromatic rings. The van der Waals surface area contributed by atoms with Gasteiger partial charge in [0.2, 0.25) is 5.95 Å². The van der Waals surface area contributed by atoms with E-state index in [2.05, 4.69) is 80.5 Å². The van der Waals surface area contributed by atoms with Crippen molar-refractivity contribution in [2.45, 2.75) is 26.3 Å². The van der Waals surface area contributed by atoms with E-state index in [1.807, 2.05) is 0 Å². The minimum absolute atomic E-state index is 0.296. The maximum Gasteiger partial charge on any atom is 0.222 e. The summed E-state index contributed by atoms with van der Waals surface area (Å²) < 4.78 is 0. The van der Waals surface area contributed by atoms with E-state index in [9.17, 15) is 0 Å². The first-order valence-electron chi connectivity index (χ1n) is 9.99. The fourth-order valence-electron chi connectivity index (χ4n) is 4.32. The number of H-pyrrole nitrogens is 1. The van der Waals surface area contributed by atoms with Crippen LogP contribution in [0.4, 0.5) is 11.6 Å². The average molecular weight is 384 g/mol. The molecular weight excluding hydrogens is 360 g/mol. The van der Waals surface area contributed by atoms with Crippen LogP contribution in [0.1, 0.15) is 22.4 Å². The Hall–Kier alpha value is -3.41. The van der Waals surface area contributed by atoms with E-state index in [1.54, 1.807) is 6.20 Å². The molecule has 6 heteroatoms. The van der Waals surface area contributed by atoms with Crippen molar-refractivity contribution in [2.75, 3.05) is 17.2 Å². The average Bonchev–Trinajstić information content (AvgIpc) is 3.18. The van der Waals surface area contributed by atoms with Gasteiger partial charge in [-0.3, -0.25) is 5.10 Å². The summed E-state index contributed by atoms with van der Waals surface area (Å²) in [6.07, 6.45) is 3.68. The molecule has 1 aliphatic heterocycles. The van der Waals surface area contributed by atoms with Crippen molar-refractivity contribution in [1.29, 1.82) is 0 Å². The quantitative estimate of drug-likeness (QED) is 0.561. The second kappa shape index (κ2) is 7.20. The van der Waals surface area contributed by atoms with Gasteiger partial charge in [0.25, 0.3) is 0 Å². The zero-order valence-electron chi connectivity index (χ0n) is 16.5. The molecule has 0 saturated heterocycles. The molecule has 3 N–H and O–H groups in total. The second-order valence-corrected chi connectivity index (χ2v) is 7.93. The number of hydrogen-bond donors (Lipinski definition) is 2. The number of nitrogens with zero attached hydrogens (tertiary/aromatic N) is 4. The van der Waals surface area contributed by atoms with Crippen LogP contribution in [-0.2, 0) is 19.4 Å². The Bertz CT molecular complexity index is 1150. The van der Waals surface area contributed by atoms with E-state index >= 15 is 0 Å². The normalized spacial score (nSPS) is 16.2. The van der Waals surface area contributed by atoms with Gasteiger partial charge in [-0.15, -0.1) is 0 Å². The third-order valence-corrected chi connectivity index (χ3v) is 5.70. The summed E-state index contributed by atoms with van der Waals surface area (Å²) in [5.74, 6) is 0.743. The van der Waals surface area contributed by atoms with E-state index in [1.165, 1.54) is 22.4 Å². The molecule has 0 fully saturated rings. The lowest BCUT2D eigenvalue weighted by Crippen LogP contribution is -2.36. The van der Waals surface area contributed by atoms with Crippen molar-refractivity contribution in [2.24, 2.45) is 5.92 Å². The SMILES string of the molecule is Cc1ccc(CN2CC(Cc3nc(N)nc4[nH]ncc34)Cc3ccccc32)cc1. The minimum Gasteiger partial charge on any atom is -0.368 e. The van der Waals surface area contributed by atoms with Crippen LogP contribution in [0.5, 0.6) is 0 Å². The van der Waals surface area contributed by atoms with Crippen molar-refractivity contribution >= 4 is 22.7 Å². The van der Waals surface area contributed by atoms with Gasteiger partial charge in [-0.05, 0) is 42.9 Å². The maximum absolute atomic E-state index is 5.93. The number of nitrogens with one attached hydrogen (secondary N) is 1. The van der Waals surface area contributed by atoms with Crippen LogP contribution < -0.4 is 10.6 Å². The smallest absolute Gasteiger partial charge is 0.222 e. The van der Waals surface area contributed by atoms with Gasteiger partial charge in [-0.2, -0.15) is 10.1 Å². The van der Waals surface area contributed by atoms with Gasteiger partial charge in [-0.25, -0.2) is 4.98 Å². The van der Waals surface area contributed by atoms with Crippen molar-refractivity contribution in [3.05, 3.63) is 77.1 Å². The molecule has 1 atom stereocenters. The van der Waals surface area contributed by atoms with Crippen molar-refractivity contribution in [3.63, 3.8) is 0 Å². The first-order chi connectivity index (χ1) is 14.2. The zero-order chi connectivity index (χ0) is 19.8. The highest BCUT2D eigenvalue weighted by molar-refractivity contribution is 5.77. The number of nitrogen functional groups attached to an aromatic ring is 1. The van der Waals surface area contributed by atoms with Crippen molar-refractivity contribution in [3.8, 4) is 0 Å². The summed E-state index contributed by atoms with van der Waals surface area (Å²) in [7, 11) is 0. The third kappa shape index (κ3) is 3.53. The number of anilines is 2. The van der Waals surface area contributed by atoms with Gasteiger partial charge >= 0.3 is 0 Å². The van der Waals surface area contributed by atoms with Crippen LogP contribution in [0.2, 0.25) is 0 Å². The predicted molar refractivity (Wildman–Crippen MR) is 116 cm³/mol. The Morgan fingerprint density at radius 3 is 2.79 bits per heavy atom. The standard InChI is InChI=1S/C23H24N6/c1-15-6-8-16(9-7-15)13-29-14-17(10-18-4-2-3-5-21(18)29)11-20-19-12-25-28-22(19)27-23(24)26-20/h2-9,12,17H,10-11,13-14H2,1H3,(H3,24,25,26,27,28). The molecule has 0 saturated carbocycles. The second-order valence-electron chi connectivity index (χ2n) is 7.93. The molecule has 29 heavy (non-hydrogen) atoms. The van der Waals surface area contributed by atoms with Crippen LogP contribution in [0, 0.1) is 12.8 Å². The predicted octanol–water partition coefficient (Wildman–Crippen LogP) is 3.67. The molecule has 0 bridgehead atoms. The number of rotatable bonds is 4. The van der Waals surface area contributed by atoms with Gasteiger partial charge in [-0.1, -0.05) is 48.0 Å². The largest absolute Gasteiger partial charge is 0.368 e. The van der Waals surface area contributed by atoms with Crippen LogP contribution in [0.15, 0.2) is 54.7 Å². The van der Waals surface area contributed by atoms with E-state index in [-0.39, 0.29) is 0 Å². The van der Waals surface area contributed by atoms with Gasteiger partial charge in [0.1, 0.15) is 0 Å². The van der Waals surface area contributed by atoms with E-state index in [4.69, 9.17) is 5.73 Å². The number of nitrogens with two attached hydrogens (primary N) is 1. The van der Waals surface area contributed by atoms with E-state index in [0.29, 0.717) is 17.5 Å². The molecule has 0 amide bonds. The molecule has 0 spiro atoms. The molecular formula is C23H24N6. The Labute approximate surface area is 169 Å². The molecule has 3 heterocycles. The van der Waals surface area contributed by atoms with Crippen LogP contribution in [0.25, 0.3) is 11.0 Å². The van der Waals surface area contributed by atoms with Gasteiger partial charge in [0.15, 0.2) is 5.65 Å². The lowest BCUT2D eigenvalue weighted by atomic mass is 9.88. The molecule has 1 aliphatic rings. The summed E-state index contributed by atoms with van der Waals surface area (Å²) in [6.45, 7) is 4.01. The number of hydrogen-bond acceptors (Lipinski definition) is 5. The summed E-state index contributed by atoms with van der Waals surface area (Å²) in [5, 5.41) is 7.99. The lowest BCUT2D eigenvalue weighted by molar-refractivity contribution is 0.482. The molecule has 146 valence electrons. The molecule has 1 unspecified atom stereocenters. The Kier molecular flexibility index (Phi) is 4.39. The number of para-hydroxylation sites is 1. The maximum atomic E-state index is 5.93. The highest BCUT2D eigenvalue weighted by Crippen LogP contribution is 2.33. The van der Waals surface area contributed by atoms with Gasteiger partial charge in [0.05, 0.1) is 17.3 Å². The van der Waals surface area contributed by atoms with Crippen LogP contribution >= 0.6 is 0 Å². The van der Waals surface area contributed by atoms with Crippen molar-refractivity contribution in [1.82, 2.24) is 20.2 Å². The topological polar surface area (TPSA) is 83.7 Å². The Morgan fingerprint density at radius 1 is 1.10 bits per heavy atom. The fourth-order valence-corrected chi connectivity index (χ4v) is 4.32. The number of aryl methyl sites for hydroxylation is 1. The van der Waals surface area contributed by atoms with Crippen LogP contribution in [-0.4, -0.2) is 26.7 Å². The Morgan fingerprint density at radius 2 is 1.93 bits per heavy atom. The number of aromatic amines is 1. The summed E-state index contributed by atoms with van der Waals surface area (Å²) in [4.78, 5) is 11.3. The molecule has 5 rings (SSSR count). The summed E-state index contributed by atoms with van der Waals surface area (Å²) in [6, 6.07) is 17.5. The molecule has 2 aromatic carbocycles. The molecule has 0 aliphatic carbocycles. The summed E-state index contributed by atoms with van der Waals surface area (Å²) >= 11 is 0. The van der Waals surface area contributed by atoms with Crippen LogP contribution in [0.3, 0.4) is 0 Å². The van der Waals surface area contributed by atoms with Gasteiger partial charge in [0, 0.05) is 18.8 Å². The number of fused-ring (bicyclic) bond motifs is 2. The lowest BCUT2D eigenvalue weighted by Gasteiger charge is -2.36. The monoisotopic (exact) mass is 384 g/mol. The third-order valence-electron chi connectivity index (χ3n) is 5.70. The number of aromatic nitrogens is 4. The highest BCUT2D eigenvalue weighted by atomic mass is 15.2. The fraction of sp³-hybridized carbons (Fsp3) is 0.261. The Balaban J connectivity index is 1.44. The first kappa shape index (κ1) is 17.7. The van der Waals surface area contributed by atoms with E-state index < -0.39 is 0 Å². The molecule has 6 nitrogen and oxygen atoms in total. The molecule has 0 radical (unpaired) electrons. The molecule has 2 aromatic heterocycles. The highest BCUT2D eigenvalue weighted by Gasteiger charge is 2.26. The summed E-state index contributed by atoms with van der Waals surface area (Å²) in [5.41, 5.74) is 12.9. The van der Waals surface area contributed by atoms with Gasteiger partial charge < -0.3 is 10.6 Å². The van der Waals surface area contributed by atoms with Crippen molar-refractivity contribution < 1.29 is 0 Å². The van der Waals surface area contributed by atoms with E-state index in [0.717, 1.165) is 37.0 Å². The number of benzene rings is 2. The first-order valence-corrected chi connectivity index (χ1v) is 9.99. The minimum atomic E-state index is 0.296. The zero-order valence-corrected chi connectivity index (χ0v) is 16.5.